The van der Waals surface area contributed by atoms with E-state index in [1.165, 1.54) is 0 Å². The number of hydrogen-bond donors (Lipinski definition) is 1. The van der Waals surface area contributed by atoms with Gasteiger partial charge in [-0.3, -0.25) is 4.79 Å². The van der Waals surface area contributed by atoms with E-state index in [2.05, 4.69) is 6.58 Å². The normalized spacial score (nSPS) is 18.5. The summed E-state index contributed by atoms with van der Waals surface area (Å²) in [6.45, 7) is 9.62. The molecule has 2 N–H and O–H groups in total. The standard InChI is InChI=1S/C15H20N2O2/c1-5-8-17-12-9-11(10(2)16)6-7-13(12)19-15(3,4)14(17)18/h5-7,9-10H,1,8,16H2,2-4H3. The lowest BCUT2D eigenvalue weighted by molar-refractivity contribution is -0.132. The lowest BCUT2D eigenvalue weighted by atomic mass is 10.0. The number of fused-ring (bicyclic) bond motifs is 1. The van der Waals surface area contributed by atoms with Crippen LogP contribution in [0.3, 0.4) is 0 Å². The lowest BCUT2D eigenvalue weighted by Crippen LogP contribution is -2.52. The van der Waals surface area contributed by atoms with Gasteiger partial charge in [-0.2, -0.15) is 0 Å². The summed E-state index contributed by atoms with van der Waals surface area (Å²) in [5.41, 5.74) is 6.77. The van der Waals surface area contributed by atoms with Crippen molar-refractivity contribution < 1.29 is 9.53 Å². The molecule has 1 aliphatic rings. The van der Waals surface area contributed by atoms with E-state index >= 15 is 0 Å². The third-order valence-electron chi connectivity index (χ3n) is 3.24. The number of nitrogens with two attached hydrogens (primary N) is 1. The SMILES string of the molecule is C=CCN1C(=O)C(C)(C)Oc2ccc(C(C)N)cc21. The van der Waals surface area contributed by atoms with E-state index in [1.54, 1.807) is 24.8 Å². The van der Waals surface area contributed by atoms with Gasteiger partial charge >= 0.3 is 0 Å². The van der Waals surface area contributed by atoms with Crippen molar-refractivity contribution in [1.82, 2.24) is 0 Å². The molecule has 1 amide bonds. The number of nitrogens with zero attached hydrogens (tertiary/aromatic N) is 1. The van der Waals surface area contributed by atoms with Crippen molar-refractivity contribution in [1.29, 1.82) is 0 Å². The summed E-state index contributed by atoms with van der Waals surface area (Å²) in [7, 11) is 0. The van der Waals surface area contributed by atoms with E-state index in [9.17, 15) is 4.79 Å². The van der Waals surface area contributed by atoms with Crippen molar-refractivity contribution in [3.63, 3.8) is 0 Å². The molecular weight excluding hydrogens is 240 g/mol. The highest BCUT2D eigenvalue weighted by Gasteiger charge is 2.40. The van der Waals surface area contributed by atoms with E-state index in [0.29, 0.717) is 12.3 Å². The molecule has 1 heterocycles. The topological polar surface area (TPSA) is 55.6 Å². The minimum absolute atomic E-state index is 0.0678. The second-order valence-electron chi connectivity index (χ2n) is 5.33. The Morgan fingerprint density at radius 2 is 2.21 bits per heavy atom. The molecule has 102 valence electrons. The van der Waals surface area contributed by atoms with E-state index in [-0.39, 0.29) is 11.9 Å². The highest BCUT2D eigenvalue weighted by molar-refractivity contribution is 6.02. The predicted molar refractivity (Wildman–Crippen MR) is 76.3 cm³/mol. The van der Waals surface area contributed by atoms with Crippen molar-refractivity contribution in [3.05, 3.63) is 36.4 Å². The Hall–Kier alpha value is -1.81. The van der Waals surface area contributed by atoms with Crippen LogP contribution < -0.4 is 15.4 Å². The van der Waals surface area contributed by atoms with Gasteiger partial charge in [0.15, 0.2) is 5.60 Å². The molecule has 0 aliphatic carbocycles. The van der Waals surface area contributed by atoms with Gasteiger partial charge in [-0.1, -0.05) is 12.1 Å². The molecule has 4 heteroatoms. The van der Waals surface area contributed by atoms with Crippen LogP contribution >= 0.6 is 0 Å². The largest absolute Gasteiger partial charge is 0.476 e. The fraction of sp³-hybridized carbons (Fsp3) is 0.400. The maximum Gasteiger partial charge on any atom is 0.270 e. The van der Waals surface area contributed by atoms with Gasteiger partial charge in [0.2, 0.25) is 0 Å². The molecule has 19 heavy (non-hydrogen) atoms. The first-order valence-corrected chi connectivity index (χ1v) is 6.38. The fourth-order valence-electron chi connectivity index (χ4n) is 2.18. The van der Waals surface area contributed by atoms with Crippen molar-refractivity contribution in [2.24, 2.45) is 5.73 Å². The number of benzene rings is 1. The molecule has 0 fully saturated rings. The summed E-state index contributed by atoms with van der Waals surface area (Å²) in [6, 6.07) is 5.64. The van der Waals surface area contributed by atoms with Gasteiger partial charge in [-0.15, -0.1) is 6.58 Å². The highest BCUT2D eigenvalue weighted by Crippen LogP contribution is 2.39. The highest BCUT2D eigenvalue weighted by atomic mass is 16.5. The quantitative estimate of drug-likeness (QED) is 0.849. The van der Waals surface area contributed by atoms with Crippen LogP contribution in [-0.4, -0.2) is 18.1 Å². The van der Waals surface area contributed by atoms with Crippen molar-refractivity contribution in [3.8, 4) is 5.75 Å². The number of anilines is 1. The van der Waals surface area contributed by atoms with Crippen LogP contribution in [0.25, 0.3) is 0 Å². The van der Waals surface area contributed by atoms with E-state index in [1.807, 2.05) is 25.1 Å². The van der Waals surface area contributed by atoms with Crippen molar-refractivity contribution in [2.75, 3.05) is 11.4 Å². The summed E-state index contributed by atoms with van der Waals surface area (Å²) in [5.74, 6) is 0.637. The third-order valence-corrected chi connectivity index (χ3v) is 3.24. The summed E-state index contributed by atoms with van der Waals surface area (Å²) < 4.78 is 5.78. The van der Waals surface area contributed by atoms with Crippen molar-refractivity contribution >= 4 is 11.6 Å². The van der Waals surface area contributed by atoms with Crippen LogP contribution in [0.2, 0.25) is 0 Å². The molecule has 0 saturated carbocycles. The first-order valence-electron chi connectivity index (χ1n) is 6.38. The van der Waals surface area contributed by atoms with E-state index in [4.69, 9.17) is 10.5 Å². The first kappa shape index (κ1) is 13.6. The monoisotopic (exact) mass is 260 g/mol. The molecule has 1 aromatic rings. The smallest absolute Gasteiger partial charge is 0.270 e. The molecule has 1 unspecified atom stereocenters. The number of ether oxygens (including phenoxy) is 1. The second kappa shape index (κ2) is 4.70. The molecule has 0 spiro atoms. The Labute approximate surface area is 113 Å². The van der Waals surface area contributed by atoms with Gasteiger partial charge in [-0.05, 0) is 38.5 Å². The Morgan fingerprint density at radius 1 is 1.53 bits per heavy atom. The summed E-state index contributed by atoms with van der Waals surface area (Å²) in [5, 5.41) is 0. The zero-order valence-corrected chi connectivity index (χ0v) is 11.6. The Kier molecular flexibility index (Phi) is 3.37. The molecule has 4 nitrogen and oxygen atoms in total. The van der Waals surface area contributed by atoms with Crippen LogP contribution in [0.4, 0.5) is 5.69 Å². The number of hydrogen-bond acceptors (Lipinski definition) is 3. The molecular formula is C15H20N2O2. The number of rotatable bonds is 3. The number of carbonyl (C=O) groups is 1. The van der Waals surface area contributed by atoms with E-state index in [0.717, 1.165) is 11.3 Å². The van der Waals surface area contributed by atoms with Crippen LogP contribution in [0, 0.1) is 0 Å². The van der Waals surface area contributed by atoms with Crippen LogP contribution in [0.15, 0.2) is 30.9 Å². The van der Waals surface area contributed by atoms with E-state index < -0.39 is 5.60 Å². The Balaban J connectivity index is 2.53. The third kappa shape index (κ3) is 2.36. The average Bonchev–Trinajstić information content (AvgIpc) is 2.34. The Bertz CT molecular complexity index is 521. The van der Waals surface area contributed by atoms with Crippen LogP contribution in [-0.2, 0) is 4.79 Å². The predicted octanol–water partition coefficient (Wildman–Crippen LogP) is 2.40. The fourth-order valence-corrected chi connectivity index (χ4v) is 2.18. The maximum atomic E-state index is 12.4. The zero-order chi connectivity index (χ0) is 14.2. The van der Waals surface area contributed by atoms with Gasteiger partial charge in [-0.25, -0.2) is 0 Å². The summed E-state index contributed by atoms with van der Waals surface area (Å²) in [6.07, 6.45) is 1.71. The minimum Gasteiger partial charge on any atom is -0.476 e. The van der Waals surface area contributed by atoms with Gasteiger partial charge in [0.25, 0.3) is 5.91 Å². The Morgan fingerprint density at radius 3 is 2.79 bits per heavy atom. The first-order chi connectivity index (χ1) is 8.86. The zero-order valence-electron chi connectivity index (χ0n) is 11.6. The van der Waals surface area contributed by atoms with Gasteiger partial charge in [0.1, 0.15) is 5.75 Å². The molecule has 0 aromatic heterocycles. The number of amides is 1. The van der Waals surface area contributed by atoms with Crippen molar-refractivity contribution in [2.45, 2.75) is 32.4 Å². The van der Waals surface area contributed by atoms with Crippen LogP contribution in [0.1, 0.15) is 32.4 Å². The summed E-state index contributed by atoms with van der Waals surface area (Å²) in [4.78, 5) is 14.1. The van der Waals surface area contributed by atoms with Gasteiger partial charge in [0.05, 0.1) is 5.69 Å². The molecule has 1 aliphatic heterocycles. The molecule has 2 rings (SSSR count). The summed E-state index contributed by atoms with van der Waals surface area (Å²) >= 11 is 0. The average molecular weight is 260 g/mol. The molecule has 0 saturated heterocycles. The lowest BCUT2D eigenvalue weighted by Gasteiger charge is -2.38. The molecule has 0 radical (unpaired) electrons. The minimum atomic E-state index is -0.855. The molecule has 1 aromatic carbocycles. The second-order valence-corrected chi connectivity index (χ2v) is 5.33. The van der Waals surface area contributed by atoms with Gasteiger partial charge < -0.3 is 15.4 Å². The number of carbonyl (C=O) groups excluding carboxylic acids is 1. The maximum absolute atomic E-state index is 12.4. The van der Waals surface area contributed by atoms with Crippen LogP contribution in [0.5, 0.6) is 5.75 Å². The molecule has 0 bridgehead atoms. The molecule has 1 atom stereocenters. The van der Waals surface area contributed by atoms with Gasteiger partial charge in [0, 0.05) is 12.6 Å².